The van der Waals surface area contributed by atoms with Gasteiger partial charge in [0.1, 0.15) is 0 Å². The standard InChI is InChI=1S/C14H19N5/c1-10-9-12(15)7-8-13(10)19-14(16-17-18-19)11-5-3-2-4-6-11/h7-9,11H,2-6,15H2,1H3. The van der Waals surface area contributed by atoms with Gasteiger partial charge in [-0.25, -0.2) is 0 Å². The molecule has 1 aromatic heterocycles. The van der Waals surface area contributed by atoms with Crippen molar-refractivity contribution in [2.45, 2.75) is 44.9 Å². The van der Waals surface area contributed by atoms with Gasteiger partial charge in [0.25, 0.3) is 0 Å². The van der Waals surface area contributed by atoms with Gasteiger partial charge in [-0.3, -0.25) is 0 Å². The van der Waals surface area contributed by atoms with Crippen LogP contribution >= 0.6 is 0 Å². The largest absolute Gasteiger partial charge is 0.399 e. The summed E-state index contributed by atoms with van der Waals surface area (Å²) in [5.74, 6) is 1.48. The zero-order chi connectivity index (χ0) is 13.2. The van der Waals surface area contributed by atoms with Gasteiger partial charge in [0.15, 0.2) is 5.82 Å². The van der Waals surface area contributed by atoms with Crippen molar-refractivity contribution in [3.63, 3.8) is 0 Å². The molecule has 0 saturated heterocycles. The van der Waals surface area contributed by atoms with E-state index in [2.05, 4.69) is 15.5 Å². The molecule has 0 aliphatic heterocycles. The minimum absolute atomic E-state index is 0.487. The highest BCUT2D eigenvalue weighted by Crippen LogP contribution is 2.32. The van der Waals surface area contributed by atoms with Crippen LogP contribution < -0.4 is 5.73 Å². The summed E-state index contributed by atoms with van der Waals surface area (Å²) in [4.78, 5) is 0. The number of nitrogens with two attached hydrogens (primary N) is 1. The summed E-state index contributed by atoms with van der Waals surface area (Å²) in [6.07, 6.45) is 6.26. The molecule has 0 bridgehead atoms. The van der Waals surface area contributed by atoms with E-state index in [0.29, 0.717) is 5.92 Å². The molecule has 1 aliphatic carbocycles. The number of aromatic nitrogens is 4. The van der Waals surface area contributed by atoms with Crippen molar-refractivity contribution >= 4 is 5.69 Å². The quantitative estimate of drug-likeness (QED) is 0.839. The summed E-state index contributed by atoms with van der Waals surface area (Å²) in [6, 6.07) is 5.85. The second kappa shape index (κ2) is 4.99. The van der Waals surface area contributed by atoms with E-state index in [1.807, 2.05) is 29.8 Å². The molecule has 5 heteroatoms. The number of benzene rings is 1. The second-order valence-corrected chi connectivity index (χ2v) is 5.33. The molecule has 0 unspecified atom stereocenters. The predicted molar refractivity (Wildman–Crippen MR) is 74.1 cm³/mol. The maximum atomic E-state index is 5.80. The summed E-state index contributed by atoms with van der Waals surface area (Å²) in [6.45, 7) is 2.04. The molecule has 0 spiro atoms. The topological polar surface area (TPSA) is 69.6 Å². The lowest BCUT2D eigenvalue weighted by Gasteiger charge is -2.20. The smallest absolute Gasteiger partial charge is 0.159 e. The Kier molecular flexibility index (Phi) is 3.19. The van der Waals surface area contributed by atoms with E-state index in [4.69, 9.17) is 5.73 Å². The van der Waals surface area contributed by atoms with Crippen molar-refractivity contribution in [1.29, 1.82) is 0 Å². The molecule has 0 radical (unpaired) electrons. The van der Waals surface area contributed by atoms with Crippen LogP contribution in [-0.4, -0.2) is 20.2 Å². The van der Waals surface area contributed by atoms with Gasteiger partial charge in [-0.05, 0) is 54.0 Å². The molecule has 1 heterocycles. The number of tetrazole rings is 1. The van der Waals surface area contributed by atoms with Crippen molar-refractivity contribution < 1.29 is 0 Å². The van der Waals surface area contributed by atoms with E-state index in [1.165, 1.54) is 32.1 Å². The Morgan fingerprint density at radius 2 is 2.00 bits per heavy atom. The molecule has 3 rings (SSSR count). The second-order valence-electron chi connectivity index (χ2n) is 5.33. The molecule has 2 N–H and O–H groups in total. The summed E-state index contributed by atoms with van der Waals surface area (Å²) >= 11 is 0. The Balaban J connectivity index is 1.99. The molecule has 2 aromatic rings. The van der Waals surface area contributed by atoms with Gasteiger partial charge in [0.2, 0.25) is 0 Å². The van der Waals surface area contributed by atoms with Crippen LogP contribution in [0.4, 0.5) is 5.69 Å². The summed E-state index contributed by atoms with van der Waals surface area (Å²) in [5, 5.41) is 12.3. The van der Waals surface area contributed by atoms with E-state index in [9.17, 15) is 0 Å². The first-order valence-electron chi connectivity index (χ1n) is 6.90. The van der Waals surface area contributed by atoms with Crippen LogP contribution in [0.3, 0.4) is 0 Å². The predicted octanol–water partition coefficient (Wildman–Crippen LogP) is 2.60. The highest BCUT2D eigenvalue weighted by atomic mass is 15.5. The molecule has 1 fully saturated rings. The van der Waals surface area contributed by atoms with Crippen molar-refractivity contribution in [3.05, 3.63) is 29.6 Å². The van der Waals surface area contributed by atoms with Crippen molar-refractivity contribution in [3.8, 4) is 5.69 Å². The van der Waals surface area contributed by atoms with Crippen molar-refractivity contribution in [2.24, 2.45) is 0 Å². The third-order valence-electron chi connectivity index (χ3n) is 3.91. The Hall–Kier alpha value is -1.91. The molecule has 5 nitrogen and oxygen atoms in total. The van der Waals surface area contributed by atoms with Gasteiger partial charge < -0.3 is 5.73 Å². The highest BCUT2D eigenvalue weighted by molar-refractivity contribution is 5.50. The average Bonchev–Trinajstić information content (AvgIpc) is 2.89. The number of nitrogens with zero attached hydrogens (tertiary/aromatic N) is 4. The number of hydrogen-bond acceptors (Lipinski definition) is 4. The third kappa shape index (κ3) is 2.32. The fraction of sp³-hybridized carbons (Fsp3) is 0.500. The van der Waals surface area contributed by atoms with Crippen LogP contribution in [0.5, 0.6) is 0 Å². The Bertz CT molecular complexity index is 569. The normalized spacial score (nSPS) is 16.7. The van der Waals surface area contributed by atoms with Crippen LogP contribution in [0, 0.1) is 6.92 Å². The van der Waals surface area contributed by atoms with E-state index in [-0.39, 0.29) is 0 Å². The average molecular weight is 257 g/mol. The summed E-state index contributed by atoms with van der Waals surface area (Å²) in [7, 11) is 0. The maximum Gasteiger partial charge on any atom is 0.159 e. The number of rotatable bonds is 2. The SMILES string of the molecule is Cc1cc(N)ccc1-n1nnnc1C1CCCCC1. The third-order valence-corrected chi connectivity index (χ3v) is 3.91. The minimum atomic E-state index is 0.487. The zero-order valence-electron chi connectivity index (χ0n) is 11.2. The lowest BCUT2D eigenvalue weighted by Crippen LogP contribution is -2.13. The number of anilines is 1. The first-order valence-corrected chi connectivity index (χ1v) is 6.90. The van der Waals surface area contributed by atoms with Gasteiger partial charge in [-0.2, -0.15) is 4.68 Å². The summed E-state index contributed by atoms with van der Waals surface area (Å²) < 4.78 is 1.88. The molecule has 100 valence electrons. The van der Waals surface area contributed by atoms with Crippen LogP contribution in [0.15, 0.2) is 18.2 Å². The molecule has 1 aromatic carbocycles. The van der Waals surface area contributed by atoms with Crippen LogP contribution in [0.1, 0.15) is 49.4 Å². The lowest BCUT2D eigenvalue weighted by atomic mass is 9.88. The van der Waals surface area contributed by atoms with Gasteiger partial charge in [0, 0.05) is 11.6 Å². The molecular formula is C14H19N5. The monoisotopic (exact) mass is 257 g/mol. The number of hydrogen-bond donors (Lipinski definition) is 1. The number of nitrogen functional groups attached to an aromatic ring is 1. The van der Waals surface area contributed by atoms with E-state index in [0.717, 1.165) is 22.8 Å². The highest BCUT2D eigenvalue weighted by Gasteiger charge is 2.22. The molecule has 1 aliphatic rings. The van der Waals surface area contributed by atoms with Gasteiger partial charge in [0.05, 0.1) is 5.69 Å². The van der Waals surface area contributed by atoms with Crippen LogP contribution in [0.2, 0.25) is 0 Å². The minimum Gasteiger partial charge on any atom is -0.399 e. The van der Waals surface area contributed by atoms with Gasteiger partial charge in [-0.15, -0.1) is 5.10 Å². The van der Waals surface area contributed by atoms with Crippen LogP contribution in [0.25, 0.3) is 5.69 Å². The van der Waals surface area contributed by atoms with Crippen LogP contribution in [-0.2, 0) is 0 Å². The van der Waals surface area contributed by atoms with Crippen molar-refractivity contribution in [1.82, 2.24) is 20.2 Å². The zero-order valence-corrected chi connectivity index (χ0v) is 11.2. The van der Waals surface area contributed by atoms with Crippen molar-refractivity contribution in [2.75, 3.05) is 5.73 Å². The van der Waals surface area contributed by atoms with Gasteiger partial charge >= 0.3 is 0 Å². The molecule has 19 heavy (non-hydrogen) atoms. The molecule has 1 saturated carbocycles. The first-order chi connectivity index (χ1) is 9.25. The number of aryl methyl sites for hydroxylation is 1. The van der Waals surface area contributed by atoms with Gasteiger partial charge in [-0.1, -0.05) is 19.3 Å². The maximum absolute atomic E-state index is 5.80. The van der Waals surface area contributed by atoms with E-state index < -0.39 is 0 Å². The molecular weight excluding hydrogens is 238 g/mol. The molecule has 0 atom stereocenters. The Labute approximate surface area is 112 Å². The van der Waals surface area contributed by atoms with E-state index >= 15 is 0 Å². The summed E-state index contributed by atoms with van der Waals surface area (Å²) in [5.41, 5.74) is 8.70. The Morgan fingerprint density at radius 3 is 2.74 bits per heavy atom. The fourth-order valence-corrected chi connectivity index (χ4v) is 2.90. The van der Waals surface area contributed by atoms with E-state index in [1.54, 1.807) is 0 Å². The lowest BCUT2D eigenvalue weighted by molar-refractivity contribution is 0.422. The molecule has 0 amide bonds. The Morgan fingerprint density at radius 1 is 1.21 bits per heavy atom. The fourth-order valence-electron chi connectivity index (χ4n) is 2.90. The first kappa shape index (κ1) is 12.1.